The molecular weight excluding hydrogens is 162 g/mol. The van der Waals surface area contributed by atoms with Gasteiger partial charge in [-0.2, -0.15) is 0 Å². The van der Waals surface area contributed by atoms with Gasteiger partial charge in [0.15, 0.2) is 0 Å². The summed E-state index contributed by atoms with van der Waals surface area (Å²) in [6.45, 7) is 9.76. The molecule has 0 fully saturated rings. The van der Waals surface area contributed by atoms with Gasteiger partial charge in [-0.1, -0.05) is 33.6 Å². The molecule has 80 valence electrons. The fraction of sp³-hybridized carbons (Fsp3) is 1.00. The monoisotopic (exact) mass is 187 g/mol. The van der Waals surface area contributed by atoms with E-state index in [0.717, 1.165) is 19.7 Å². The van der Waals surface area contributed by atoms with Crippen LogP contribution in [0, 0.1) is 5.41 Å². The molecule has 0 unspecified atom stereocenters. The Kier molecular flexibility index (Phi) is 7.29. The fourth-order valence-corrected chi connectivity index (χ4v) is 1.34. The van der Waals surface area contributed by atoms with Gasteiger partial charge in [0.25, 0.3) is 0 Å². The molecule has 0 radical (unpaired) electrons. The summed E-state index contributed by atoms with van der Waals surface area (Å²) in [6, 6.07) is 0. The number of methoxy groups -OCH3 is 1. The van der Waals surface area contributed by atoms with Gasteiger partial charge < -0.3 is 10.1 Å². The molecule has 0 saturated carbocycles. The molecule has 0 rings (SSSR count). The molecule has 0 aromatic carbocycles. The molecule has 2 nitrogen and oxygen atoms in total. The summed E-state index contributed by atoms with van der Waals surface area (Å²) in [4.78, 5) is 0. The molecule has 0 saturated heterocycles. The van der Waals surface area contributed by atoms with Gasteiger partial charge in [-0.3, -0.25) is 0 Å². The summed E-state index contributed by atoms with van der Waals surface area (Å²) in [6.07, 6.45) is 3.93. The second kappa shape index (κ2) is 7.34. The van der Waals surface area contributed by atoms with E-state index >= 15 is 0 Å². The van der Waals surface area contributed by atoms with Crippen molar-refractivity contribution in [3.63, 3.8) is 0 Å². The summed E-state index contributed by atoms with van der Waals surface area (Å²) in [5, 5.41) is 3.41. The number of nitrogens with one attached hydrogen (secondary N) is 1. The van der Waals surface area contributed by atoms with Gasteiger partial charge in [-0.05, 0) is 11.8 Å². The summed E-state index contributed by atoms with van der Waals surface area (Å²) < 4.78 is 4.98. The minimum atomic E-state index is 0.434. The second-order valence-electron chi connectivity index (χ2n) is 4.44. The molecule has 0 aromatic rings. The molecule has 0 heterocycles. The Bertz CT molecular complexity index is 113. The van der Waals surface area contributed by atoms with Gasteiger partial charge >= 0.3 is 0 Å². The fourth-order valence-electron chi connectivity index (χ4n) is 1.34. The summed E-state index contributed by atoms with van der Waals surface area (Å²) in [5.41, 5.74) is 0.434. The summed E-state index contributed by atoms with van der Waals surface area (Å²) in [5.74, 6) is 0. The average molecular weight is 187 g/mol. The van der Waals surface area contributed by atoms with Crippen molar-refractivity contribution >= 4 is 0 Å². The van der Waals surface area contributed by atoms with E-state index in [2.05, 4.69) is 26.1 Å². The zero-order valence-electron chi connectivity index (χ0n) is 9.65. The lowest BCUT2D eigenvalue weighted by Crippen LogP contribution is -2.31. The molecule has 0 aliphatic rings. The first kappa shape index (κ1) is 12.9. The quantitative estimate of drug-likeness (QED) is 0.589. The first-order chi connectivity index (χ1) is 6.12. The maximum atomic E-state index is 4.98. The molecule has 0 bridgehead atoms. The highest BCUT2D eigenvalue weighted by atomic mass is 16.5. The Balaban J connectivity index is 3.39. The number of hydrogen-bond acceptors (Lipinski definition) is 2. The molecule has 0 amide bonds. The maximum absolute atomic E-state index is 4.98. The van der Waals surface area contributed by atoms with Crippen LogP contribution in [0.25, 0.3) is 0 Å². The van der Waals surface area contributed by atoms with Crippen molar-refractivity contribution in [1.29, 1.82) is 0 Å². The number of hydrogen-bond donors (Lipinski definition) is 1. The van der Waals surface area contributed by atoms with E-state index in [4.69, 9.17) is 4.74 Å². The first-order valence-corrected chi connectivity index (χ1v) is 5.32. The molecule has 0 aromatic heterocycles. The standard InChI is InChI=1S/C11H25NO/c1-5-6-7-11(2,3)10-12-8-9-13-4/h12H,5-10H2,1-4H3. The van der Waals surface area contributed by atoms with Crippen LogP contribution in [-0.2, 0) is 4.74 Å². The Morgan fingerprint density at radius 1 is 1.31 bits per heavy atom. The van der Waals surface area contributed by atoms with E-state index in [-0.39, 0.29) is 0 Å². The van der Waals surface area contributed by atoms with Crippen molar-refractivity contribution in [2.24, 2.45) is 5.41 Å². The smallest absolute Gasteiger partial charge is 0.0587 e. The minimum Gasteiger partial charge on any atom is -0.383 e. The molecular formula is C11H25NO. The van der Waals surface area contributed by atoms with Crippen LogP contribution in [-0.4, -0.2) is 26.8 Å². The predicted molar refractivity (Wildman–Crippen MR) is 58.1 cm³/mol. The number of rotatable bonds is 8. The number of unbranched alkanes of at least 4 members (excludes halogenated alkanes) is 1. The highest BCUT2D eigenvalue weighted by Crippen LogP contribution is 2.21. The third kappa shape index (κ3) is 8.26. The number of ether oxygens (including phenoxy) is 1. The molecule has 13 heavy (non-hydrogen) atoms. The molecule has 1 N–H and O–H groups in total. The first-order valence-electron chi connectivity index (χ1n) is 5.32. The molecule has 0 aliphatic carbocycles. The second-order valence-corrected chi connectivity index (χ2v) is 4.44. The zero-order valence-corrected chi connectivity index (χ0v) is 9.65. The molecule has 0 aliphatic heterocycles. The lowest BCUT2D eigenvalue weighted by atomic mass is 9.87. The van der Waals surface area contributed by atoms with Crippen molar-refractivity contribution < 1.29 is 4.74 Å². The van der Waals surface area contributed by atoms with Crippen LogP contribution >= 0.6 is 0 Å². The van der Waals surface area contributed by atoms with Crippen LogP contribution in [0.15, 0.2) is 0 Å². The topological polar surface area (TPSA) is 21.3 Å². The van der Waals surface area contributed by atoms with Crippen molar-refractivity contribution in [2.75, 3.05) is 26.8 Å². The minimum absolute atomic E-state index is 0.434. The van der Waals surface area contributed by atoms with Crippen molar-refractivity contribution in [1.82, 2.24) is 5.32 Å². The summed E-state index contributed by atoms with van der Waals surface area (Å²) in [7, 11) is 1.74. The third-order valence-corrected chi connectivity index (χ3v) is 2.29. The van der Waals surface area contributed by atoms with E-state index < -0.39 is 0 Å². The Morgan fingerprint density at radius 3 is 2.54 bits per heavy atom. The Morgan fingerprint density at radius 2 is 2.00 bits per heavy atom. The van der Waals surface area contributed by atoms with Crippen LogP contribution in [0.5, 0.6) is 0 Å². The van der Waals surface area contributed by atoms with Gasteiger partial charge in [0.2, 0.25) is 0 Å². The zero-order chi connectivity index (χ0) is 10.2. The van der Waals surface area contributed by atoms with E-state index in [1.807, 2.05) is 0 Å². The average Bonchev–Trinajstić information content (AvgIpc) is 2.09. The maximum Gasteiger partial charge on any atom is 0.0587 e. The SMILES string of the molecule is CCCCC(C)(C)CNCCOC. The van der Waals surface area contributed by atoms with Gasteiger partial charge in [-0.15, -0.1) is 0 Å². The van der Waals surface area contributed by atoms with E-state index in [9.17, 15) is 0 Å². The van der Waals surface area contributed by atoms with Gasteiger partial charge in [0.05, 0.1) is 6.61 Å². The lowest BCUT2D eigenvalue weighted by molar-refractivity contribution is 0.192. The van der Waals surface area contributed by atoms with Crippen molar-refractivity contribution in [2.45, 2.75) is 40.0 Å². The largest absolute Gasteiger partial charge is 0.383 e. The van der Waals surface area contributed by atoms with Crippen molar-refractivity contribution in [3.8, 4) is 0 Å². The molecule has 2 heteroatoms. The van der Waals surface area contributed by atoms with Crippen LogP contribution in [0.2, 0.25) is 0 Å². The van der Waals surface area contributed by atoms with Gasteiger partial charge in [0, 0.05) is 20.2 Å². The summed E-state index contributed by atoms with van der Waals surface area (Å²) >= 11 is 0. The highest BCUT2D eigenvalue weighted by molar-refractivity contribution is 4.71. The van der Waals surface area contributed by atoms with Crippen LogP contribution in [0.1, 0.15) is 40.0 Å². The normalized spacial score (nSPS) is 12.0. The van der Waals surface area contributed by atoms with Crippen LogP contribution in [0.3, 0.4) is 0 Å². The molecule has 0 spiro atoms. The third-order valence-electron chi connectivity index (χ3n) is 2.29. The Labute approximate surface area is 83.1 Å². The lowest BCUT2D eigenvalue weighted by Gasteiger charge is -2.24. The van der Waals surface area contributed by atoms with E-state index in [0.29, 0.717) is 5.41 Å². The van der Waals surface area contributed by atoms with Gasteiger partial charge in [0.1, 0.15) is 0 Å². The predicted octanol–water partition coefficient (Wildman–Crippen LogP) is 2.44. The van der Waals surface area contributed by atoms with Crippen molar-refractivity contribution in [3.05, 3.63) is 0 Å². The van der Waals surface area contributed by atoms with E-state index in [1.54, 1.807) is 7.11 Å². The van der Waals surface area contributed by atoms with Crippen LogP contribution in [0.4, 0.5) is 0 Å². The van der Waals surface area contributed by atoms with E-state index in [1.165, 1.54) is 19.3 Å². The van der Waals surface area contributed by atoms with Crippen LogP contribution < -0.4 is 5.32 Å². The highest BCUT2D eigenvalue weighted by Gasteiger charge is 2.15. The van der Waals surface area contributed by atoms with Gasteiger partial charge in [-0.25, -0.2) is 0 Å². The Hall–Kier alpha value is -0.0800. The molecule has 0 atom stereocenters.